The average molecular weight is 566 g/mol. The maximum absolute atomic E-state index is 3.60. The van der Waals surface area contributed by atoms with Crippen LogP contribution in [0.25, 0.3) is 43.6 Å². The van der Waals surface area contributed by atoms with Crippen molar-refractivity contribution in [2.45, 2.75) is 13.1 Å². The fourth-order valence-corrected chi connectivity index (χ4v) is 5.44. The van der Waals surface area contributed by atoms with Crippen molar-refractivity contribution in [2.75, 3.05) is 0 Å². The predicted molar refractivity (Wildman–Crippen MR) is 150 cm³/mol. The minimum absolute atomic E-state index is 0.601. The molecule has 0 saturated carbocycles. The molecule has 0 amide bonds. The van der Waals surface area contributed by atoms with E-state index < -0.39 is 0 Å². The van der Waals surface area contributed by atoms with E-state index in [-0.39, 0.29) is 0 Å². The third-order valence-corrected chi connectivity index (χ3v) is 7.17. The SMILES string of the molecule is Brc1ccc2c(c1)c1ccccc1n2CC#CC#CCn1c2ccccc2c2cc(Br)ccc21. The summed E-state index contributed by atoms with van der Waals surface area (Å²) < 4.78 is 6.68. The maximum atomic E-state index is 3.60. The van der Waals surface area contributed by atoms with Crippen molar-refractivity contribution in [1.82, 2.24) is 9.13 Å². The van der Waals surface area contributed by atoms with Crippen LogP contribution in [0.4, 0.5) is 0 Å². The van der Waals surface area contributed by atoms with Gasteiger partial charge in [-0.15, -0.1) is 0 Å². The van der Waals surface area contributed by atoms with Crippen LogP contribution in [-0.4, -0.2) is 9.13 Å². The highest BCUT2D eigenvalue weighted by Crippen LogP contribution is 2.32. The van der Waals surface area contributed by atoms with Gasteiger partial charge in [0.05, 0.1) is 24.1 Å². The van der Waals surface area contributed by atoms with Gasteiger partial charge in [0.2, 0.25) is 0 Å². The molecule has 0 N–H and O–H groups in total. The Kier molecular flexibility index (Phi) is 5.42. The third kappa shape index (κ3) is 3.61. The molecule has 6 rings (SSSR count). The van der Waals surface area contributed by atoms with Crippen LogP contribution in [0, 0.1) is 23.7 Å². The van der Waals surface area contributed by atoms with Gasteiger partial charge in [-0.05, 0) is 60.4 Å². The molecule has 2 nitrogen and oxygen atoms in total. The third-order valence-electron chi connectivity index (χ3n) is 6.18. The molecular weight excluding hydrogens is 548 g/mol. The lowest BCUT2D eigenvalue weighted by atomic mass is 10.2. The lowest BCUT2D eigenvalue weighted by molar-refractivity contribution is 0.922. The summed E-state index contributed by atoms with van der Waals surface area (Å²) in [5.74, 6) is 12.7. The second-order valence-electron chi connectivity index (χ2n) is 8.13. The monoisotopic (exact) mass is 564 g/mol. The van der Waals surface area contributed by atoms with Crippen LogP contribution < -0.4 is 0 Å². The first-order chi connectivity index (χ1) is 16.7. The average Bonchev–Trinajstić information content (AvgIpc) is 3.33. The number of nitrogens with zero attached hydrogens (tertiary/aromatic N) is 2. The molecule has 0 aliphatic carbocycles. The first-order valence-electron chi connectivity index (χ1n) is 11.0. The largest absolute Gasteiger partial charge is 0.329 e. The second-order valence-corrected chi connectivity index (χ2v) is 9.96. The Labute approximate surface area is 214 Å². The van der Waals surface area contributed by atoms with Crippen LogP contribution >= 0.6 is 31.9 Å². The van der Waals surface area contributed by atoms with Crippen molar-refractivity contribution < 1.29 is 0 Å². The van der Waals surface area contributed by atoms with E-state index in [9.17, 15) is 0 Å². The molecular formula is C30H18Br2N2. The van der Waals surface area contributed by atoms with E-state index in [1.54, 1.807) is 0 Å². The normalized spacial score (nSPS) is 11.0. The number of fused-ring (bicyclic) bond motifs is 6. The summed E-state index contributed by atoms with van der Waals surface area (Å²) in [6.07, 6.45) is 0. The van der Waals surface area contributed by atoms with Gasteiger partial charge in [0.15, 0.2) is 0 Å². The lowest BCUT2D eigenvalue weighted by Gasteiger charge is -2.02. The van der Waals surface area contributed by atoms with E-state index in [0.29, 0.717) is 13.1 Å². The van der Waals surface area contributed by atoms with E-state index in [0.717, 1.165) is 8.95 Å². The smallest absolute Gasteiger partial charge is 0.0853 e. The quantitative estimate of drug-likeness (QED) is 0.187. The van der Waals surface area contributed by atoms with E-state index in [1.807, 2.05) is 0 Å². The van der Waals surface area contributed by atoms with Crippen molar-refractivity contribution in [3.8, 4) is 23.7 Å². The predicted octanol–water partition coefficient (Wildman–Crippen LogP) is 8.13. The van der Waals surface area contributed by atoms with Gasteiger partial charge in [-0.2, -0.15) is 0 Å². The molecule has 162 valence electrons. The summed E-state index contributed by atoms with van der Waals surface area (Å²) in [5.41, 5.74) is 4.75. The van der Waals surface area contributed by atoms with Gasteiger partial charge in [0.25, 0.3) is 0 Å². The number of rotatable bonds is 2. The van der Waals surface area contributed by atoms with E-state index in [2.05, 4.69) is 150 Å². The van der Waals surface area contributed by atoms with Gasteiger partial charge in [0.1, 0.15) is 0 Å². The molecule has 6 aromatic rings. The molecule has 0 aliphatic heterocycles. The zero-order valence-corrected chi connectivity index (χ0v) is 21.3. The van der Waals surface area contributed by atoms with Crippen molar-refractivity contribution in [3.63, 3.8) is 0 Å². The molecule has 4 heteroatoms. The Morgan fingerprint density at radius 2 is 0.912 bits per heavy atom. The Morgan fingerprint density at radius 3 is 1.38 bits per heavy atom. The summed E-state index contributed by atoms with van der Waals surface area (Å²) in [5, 5.41) is 4.95. The fourth-order valence-electron chi connectivity index (χ4n) is 4.72. The highest BCUT2D eigenvalue weighted by atomic mass is 79.9. The van der Waals surface area contributed by atoms with Gasteiger partial charge in [-0.3, -0.25) is 0 Å². The zero-order chi connectivity index (χ0) is 23.1. The number of hydrogen-bond donors (Lipinski definition) is 0. The van der Waals surface area contributed by atoms with Gasteiger partial charge in [-0.1, -0.05) is 80.1 Å². The Hall–Kier alpha value is -3.44. The molecule has 0 bridgehead atoms. The minimum atomic E-state index is 0.601. The summed E-state index contributed by atoms with van der Waals surface area (Å²) >= 11 is 7.20. The molecule has 0 fully saturated rings. The summed E-state index contributed by atoms with van der Waals surface area (Å²) in [4.78, 5) is 0. The summed E-state index contributed by atoms with van der Waals surface area (Å²) in [7, 11) is 0. The number of halogens is 2. The van der Waals surface area contributed by atoms with Gasteiger partial charge >= 0.3 is 0 Å². The Morgan fingerprint density at radius 1 is 0.500 bits per heavy atom. The number of para-hydroxylation sites is 2. The minimum Gasteiger partial charge on any atom is -0.329 e. The topological polar surface area (TPSA) is 9.86 Å². The maximum Gasteiger partial charge on any atom is 0.0853 e. The van der Waals surface area contributed by atoms with Crippen LogP contribution in [0.15, 0.2) is 93.9 Å². The highest BCUT2D eigenvalue weighted by Gasteiger charge is 2.10. The molecule has 2 aromatic heterocycles. The Bertz CT molecular complexity index is 1710. The van der Waals surface area contributed by atoms with Crippen LogP contribution in [-0.2, 0) is 13.1 Å². The molecule has 0 unspecified atom stereocenters. The van der Waals surface area contributed by atoms with Crippen molar-refractivity contribution >= 4 is 75.5 Å². The first kappa shape index (κ1) is 21.1. The van der Waals surface area contributed by atoms with E-state index in [1.165, 1.54) is 43.6 Å². The molecule has 0 aliphatic rings. The van der Waals surface area contributed by atoms with Gasteiger partial charge in [-0.25, -0.2) is 0 Å². The zero-order valence-electron chi connectivity index (χ0n) is 18.1. The van der Waals surface area contributed by atoms with Crippen LogP contribution in [0.5, 0.6) is 0 Å². The molecule has 0 spiro atoms. The molecule has 0 saturated heterocycles. The molecule has 0 atom stereocenters. The number of hydrogen-bond acceptors (Lipinski definition) is 0. The lowest BCUT2D eigenvalue weighted by Crippen LogP contribution is -1.95. The number of aromatic nitrogens is 2. The van der Waals surface area contributed by atoms with Crippen LogP contribution in [0.2, 0.25) is 0 Å². The Balaban J connectivity index is 1.31. The molecule has 0 radical (unpaired) electrons. The van der Waals surface area contributed by atoms with E-state index in [4.69, 9.17) is 0 Å². The molecule has 34 heavy (non-hydrogen) atoms. The second kappa shape index (κ2) is 8.73. The van der Waals surface area contributed by atoms with Gasteiger partial charge in [0, 0.05) is 41.5 Å². The molecule has 2 heterocycles. The van der Waals surface area contributed by atoms with Crippen molar-refractivity contribution in [1.29, 1.82) is 0 Å². The first-order valence-corrected chi connectivity index (χ1v) is 12.6. The fraction of sp³-hybridized carbons (Fsp3) is 0.0667. The summed E-state index contributed by atoms with van der Waals surface area (Å²) in [6, 6.07) is 29.7. The van der Waals surface area contributed by atoms with Crippen LogP contribution in [0.3, 0.4) is 0 Å². The summed E-state index contributed by atoms with van der Waals surface area (Å²) in [6.45, 7) is 1.20. The van der Waals surface area contributed by atoms with Crippen molar-refractivity contribution in [2.24, 2.45) is 0 Å². The van der Waals surface area contributed by atoms with Crippen molar-refractivity contribution in [3.05, 3.63) is 93.9 Å². The standard InChI is InChI=1S/C30H18Br2N2/c31-21-13-15-29-25(19-21)23-9-3-5-11-27(23)33(29)17-7-1-2-8-18-34-28-12-6-4-10-24(28)26-20-22(32)14-16-30(26)34/h3-6,9-16,19-20H,17-18H2. The highest BCUT2D eigenvalue weighted by molar-refractivity contribution is 9.10. The molecule has 4 aromatic carbocycles. The van der Waals surface area contributed by atoms with E-state index >= 15 is 0 Å². The van der Waals surface area contributed by atoms with Crippen LogP contribution in [0.1, 0.15) is 0 Å². The van der Waals surface area contributed by atoms with Gasteiger partial charge < -0.3 is 9.13 Å². The number of benzene rings is 4.